The van der Waals surface area contributed by atoms with Gasteiger partial charge in [-0.25, -0.2) is 9.37 Å². The number of rotatable bonds is 7. The molecule has 6 nitrogen and oxygen atoms in total. The van der Waals surface area contributed by atoms with Gasteiger partial charge in [0.2, 0.25) is 11.8 Å². The fraction of sp³-hybridized carbons (Fsp3) is 0.375. The molecule has 1 atom stereocenters. The first-order valence-corrected chi connectivity index (χ1v) is 12.0. The van der Waals surface area contributed by atoms with Crippen LogP contribution in [0.5, 0.6) is 0 Å². The smallest absolute Gasteiger partial charge is 0.234 e. The van der Waals surface area contributed by atoms with Crippen LogP contribution in [0.25, 0.3) is 10.2 Å². The number of nitrogens with zero attached hydrogens (tertiary/aromatic N) is 4. The van der Waals surface area contributed by atoms with E-state index in [0.717, 1.165) is 28.7 Å². The Morgan fingerprint density at radius 1 is 1.21 bits per heavy atom. The first-order chi connectivity index (χ1) is 15.7. The molecule has 0 aliphatic carbocycles. The van der Waals surface area contributed by atoms with E-state index in [2.05, 4.69) is 4.90 Å². The third kappa shape index (κ3) is 5.51. The van der Waals surface area contributed by atoms with Crippen LogP contribution in [0.4, 0.5) is 15.2 Å². The lowest BCUT2D eigenvalue weighted by molar-refractivity contribution is -0.124. The Labute approximate surface area is 213 Å². The van der Waals surface area contributed by atoms with Crippen LogP contribution >= 0.6 is 35.3 Å². The molecule has 2 amide bonds. The van der Waals surface area contributed by atoms with Crippen LogP contribution in [0, 0.1) is 18.7 Å². The molecule has 1 aliphatic rings. The van der Waals surface area contributed by atoms with Crippen LogP contribution in [-0.4, -0.2) is 55.4 Å². The zero-order chi connectivity index (χ0) is 23.7. The standard InChI is InChI=1S/C24H26ClFN4O2S.ClH/c1-15-5-10-19(25)22-21(15)27-24(33-22)29(12-4-11-28(2)3)23(32)16-13-20(31)30(14-16)18-8-6-17(26)7-9-18;/h5-10,16H,4,11-14H2,1-3H3;1H. The van der Waals surface area contributed by atoms with Crippen molar-refractivity contribution in [3.8, 4) is 0 Å². The van der Waals surface area contributed by atoms with Crippen molar-refractivity contribution >= 4 is 68.2 Å². The molecule has 0 radical (unpaired) electrons. The molecule has 4 rings (SSSR count). The summed E-state index contributed by atoms with van der Waals surface area (Å²) in [4.78, 5) is 36.4. The number of amides is 2. The van der Waals surface area contributed by atoms with Gasteiger partial charge in [0.15, 0.2) is 5.13 Å². The molecule has 3 aromatic rings. The van der Waals surface area contributed by atoms with Crippen LogP contribution in [-0.2, 0) is 9.59 Å². The second kappa shape index (κ2) is 11.0. The van der Waals surface area contributed by atoms with Gasteiger partial charge in [-0.2, -0.15) is 0 Å². The molecule has 0 bridgehead atoms. The van der Waals surface area contributed by atoms with Gasteiger partial charge in [0, 0.05) is 25.2 Å². The van der Waals surface area contributed by atoms with Crippen molar-refractivity contribution in [1.29, 1.82) is 0 Å². The minimum Gasteiger partial charge on any atom is -0.312 e. The molecule has 2 aromatic carbocycles. The highest BCUT2D eigenvalue weighted by atomic mass is 35.5. The van der Waals surface area contributed by atoms with Crippen molar-refractivity contribution in [1.82, 2.24) is 9.88 Å². The van der Waals surface area contributed by atoms with E-state index >= 15 is 0 Å². The molecule has 10 heteroatoms. The van der Waals surface area contributed by atoms with Crippen LogP contribution in [0.3, 0.4) is 0 Å². The van der Waals surface area contributed by atoms with E-state index in [1.165, 1.54) is 23.5 Å². The fourth-order valence-corrected chi connectivity index (χ4v) is 5.36. The summed E-state index contributed by atoms with van der Waals surface area (Å²) in [6.45, 7) is 3.54. The zero-order valence-corrected chi connectivity index (χ0v) is 21.6. The summed E-state index contributed by atoms with van der Waals surface area (Å²) in [5, 5.41) is 1.20. The third-order valence-electron chi connectivity index (χ3n) is 5.78. The molecule has 2 heterocycles. The molecule has 1 aromatic heterocycles. The van der Waals surface area contributed by atoms with Gasteiger partial charge in [-0.05, 0) is 69.9 Å². The number of halogens is 3. The van der Waals surface area contributed by atoms with Crippen molar-refractivity contribution in [2.75, 3.05) is 43.5 Å². The number of thiazole rings is 1. The third-order valence-corrected chi connectivity index (χ3v) is 7.32. The summed E-state index contributed by atoms with van der Waals surface area (Å²) in [5.74, 6) is -1.13. The van der Waals surface area contributed by atoms with Gasteiger partial charge in [0.25, 0.3) is 0 Å². The van der Waals surface area contributed by atoms with Crippen LogP contribution in [0.2, 0.25) is 5.02 Å². The Morgan fingerprint density at radius 3 is 2.56 bits per heavy atom. The summed E-state index contributed by atoms with van der Waals surface area (Å²) >= 11 is 7.80. The number of carbonyl (C=O) groups excluding carboxylic acids is 2. The molecule has 1 fully saturated rings. The molecule has 0 N–H and O–H groups in total. The van der Waals surface area contributed by atoms with E-state index in [9.17, 15) is 14.0 Å². The summed E-state index contributed by atoms with van der Waals surface area (Å²) in [5.41, 5.74) is 2.39. The van der Waals surface area contributed by atoms with Crippen molar-refractivity contribution < 1.29 is 14.0 Å². The maximum Gasteiger partial charge on any atom is 0.234 e. The van der Waals surface area contributed by atoms with Gasteiger partial charge >= 0.3 is 0 Å². The van der Waals surface area contributed by atoms with Gasteiger partial charge in [-0.1, -0.05) is 29.0 Å². The highest BCUT2D eigenvalue weighted by Gasteiger charge is 2.38. The molecular formula is C24H27Cl2FN4O2S. The van der Waals surface area contributed by atoms with Crippen molar-refractivity contribution in [2.24, 2.45) is 5.92 Å². The second-order valence-electron chi connectivity index (χ2n) is 8.57. The number of aryl methyl sites for hydroxylation is 1. The molecule has 0 saturated carbocycles. The van der Waals surface area contributed by atoms with Gasteiger partial charge < -0.3 is 9.80 Å². The first-order valence-electron chi connectivity index (χ1n) is 10.8. The quantitative estimate of drug-likeness (QED) is 0.428. The van der Waals surface area contributed by atoms with E-state index in [1.807, 2.05) is 33.2 Å². The van der Waals surface area contributed by atoms with Crippen molar-refractivity contribution in [3.63, 3.8) is 0 Å². The predicted octanol–water partition coefficient (Wildman–Crippen LogP) is 5.16. The molecule has 1 saturated heterocycles. The largest absolute Gasteiger partial charge is 0.312 e. The normalized spacial score (nSPS) is 15.8. The first kappa shape index (κ1) is 26.3. The fourth-order valence-electron chi connectivity index (χ4n) is 4.02. The summed E-state index contributed by atoms with van der Waals surface area (Å²) in [6, 6.07) is 9.52. The zero-order valence-electron chi connectivity index (χ0n) is 19.3. The Morgan fingerprint density at radius 2 is 1.91 bits per heavy atom. The second-order valence-corrected chi connectivity index (χ2v) is 9.95. The average molecular weight is 525 g/mol. The summed E-state index contributed by atoms with van der Waals surface area (Å²) in [7, 11) is 3.98. The highest BCUT2D eigenvalue weighted by Crippen LogP contribution is 2.37. The lowest BCUT2D eigenvalue weighted by Crippen LogP contribution is -2.39. The lowest BCUT2D eigenvalue weighted by Gasteiger charge is -2.24. The van der Waals surface area contributed by atoms with Crippen molar-refractivity contribution in [3.05, 3.63) is 52.8 Å². The van der Waals surface area contributed by atoms with Gasteiger partial charge in [-0.3, -0.25) is 14.5 Å². The SMILES string of the molecule is Cc1ccc(Cl)c2sc(N(CCCN(C)C)C(=O)C3CC(=O)N(c4ccc(F)cc4)C3)nc12.Cl. The Balaban J connectivity index is 0.00000324. The Kier molecular flexibility index (Phi) is 8.52. The monoisotopic (exact) mass is 524 g/mol. The number of carbonyl (C=O) groups is 2. The summed E-state index contributed by atoms with van der Waals surface area (Å²) in [6.07, 6.45) is 0.884. The maximum absolute atomic E-state index is 13.7. The maximum atomic E-state index is 13.7. The molecule has 182 valence electrons. The topological polar surface area (TPSA) is 56.8 Å². The number of fused-ring (bicyclic) bond motifs is 1. The molecule has 0 spiro atoms. The van der Waals surface area contributed by atoms with E-state index in [0.29, 0.717) is 22.4 Å². The molecule has 1 aliphatic heterocycles. The minimum atomic E-state index is -0.495. The van der Waals surface area contributed by atoms with E-state index in [4.69, 9.17) is 16.6 Å². The van der Waals surface area contributed by atoms with Gasteiger partial charge in [0.05, 0.1) is 21.2 Å². The van der Waals surface area contributed by atoms with Gasteiger partial charge in [-0.15, -0.1) is 12.4 Å². The van der Waals surface area contributed by atoms with Crippen LogP contribution in [0.15, 0.2) is 36.4 Å². The highest BCUT2D eigenvalue weighted by molar-refractivity contribution is 7.23. The number of hydrogen-bond acceptors (Lipinski definition) is 5. The van der Waals surface area contributed by atoms with Gasteiger partial charge in [0.1, 0.15) is 5.82 Å². The number of anilines is 2. The summed E-state index contributed by atoms with van der Waals surface area (Å²) < 4.78 is 14.2. The van der Waals surface area contributed by atoms with Crippen LogP contribution in [0.1, 0.15) is 18.4 Å². The number of hydrogen-bond donors (Lipinski definition) is 0. The average Bonchev–Trinajstić information content (AvgIpc) is 3.39. The van der Waals surface area contributed by atoms with Crippen molar-refractivity contribution in [2.45, 2.75) is 19.8 Å². The number of aromatic nitrogens is 1. The minimum absolute atomic E-state index is 0. The Hall–Kier alpha value is -2.26. The molecule has 34 heavy (non-hydrogen) atoms. The molecular weight excluding hydrogens is 498 g/mol. The van der Waals surface area contributed by atoms with Crippen LogP contribution < -0.4 is 9.80 Å². The Bertz CT molecular complexity index is 1150. The number of benzene rings is 2. The predicted molar refractivity (Wildman–Crippen MR) is 139 cm³/mol. The lowest BCUT2D eigenvalue weighted by atomic mass is 10.1. The van der Waals surface area contributed by atoms with E-state index in [-0.39, 0.29) is 43.0 Å². The molecule has 1 unspecified atom stereocenters. The van der Waals surface area contributed by atoms with E-state index in [1.54, 1.807) is 21.9 Å². The van der Waals surface area contributed by atoms with E-state index < -0.39 is 5.92 Å².